The van der Waals surface area contributed by atoms with Crippen molar-refractivity contribution in [2.45, 2.75) is 0 Å². The van der Waals surface area contributed by atoms with Crippen LogP contribution in [0.4, 0.5) is 5.69 Å². The van der Waals surface area contributed by atoms with E-state index < -0.39 is 5.97 Å². The summed E-state index contributed by atoms with van der Waals surface area (Å²) >= 11 is 5.00. The van der Waals surface area contributed by atoms with Crippen molar-refractivity contribution in [2.75, 3.05) is 19.0 Å². The summed E-state index contributed by atoms with van der Waals surface area (Å²) in [4.78, 5) is 11.2. The number of esters is 1. The lowest BCUT2D eigenvalue weighted by atomic mass is 10.2. The lowest BCUT2D eigenvalue weighted by Crippen LogP contribution is -2.28. The van der Waals surface area contributed by atoms with E-state index in [2.05, 4.69) is 21.9 Å². The Balaban J connectivity index is 2.76. The van der Waals surface area contributed by atoms with Crippen molar-refractivity contribution >= 4 is 29.0 Å². The van der Waals surface area contributed by atoms with Crippen molar-refractivity contribution in [3.8, 4) is 5.75 Å². The van der Waals surface area contributed by atoms with Gasteiger partial charge in [0.1, 0.15) is 5.75 Å². The van der Waals surface area contributed by atoms with Crippen LogP contribution in [0, 0.1) is 0 Å². The molecule has 18 heavy (non-hydrogen) atoms. The number of thiocarbonyl (C=S) groups is 1. The summed E-state index contributed by atoms with van der Waals surface area (Å²) in [5.41, 5.74) is 0.676. The predicted octanol–water partition coefficient (Wildman–Crippen LogP) is 1.65. The Morgan fingerprint density at radius 1 is 1.61 bits per heavy atom. The van der Waals surface area contributed by atoms with E-state index in [1.165, 1.54) is 19.2 Å². The molecule has 5 nitrogen and oxygen atoms in total. The summed E-state index contributed by atoms with van der Waals surface area (Å²) < 4.78 is 4.55. The van der Waals surface area contributed by atoms with Gasteiger partial charge in [0.05, 0.1) is 18.4 Å². The minimum atomic E-state index is -0.510. The fourth-order valence-electron chi connectivity index (χ4n) is 1.21. The molecule has 0 spiro atoms. The number of ether oxygens (including phenoxy) is 1. The van der Waals surface area contributed by atoms with E-state index in [1.54, 1.807) is 12.1 Å². The molecule has 0 fully saturated rings. The highest BCUT2D eigenvalue weighted by Gasteiger charge is 2.09. The van der Waals surface area contributed by atoms with E-state index in [0.717, 1.165) is 0 Å². The Labute approximate surface area is 110 Å². The normalized spacial score (nSPS) is 9.39. The van der Waals surface area contributed by atoms with Gasteiger partial charge in [-0.2, -0.15) is 0 Å². The molecule has 0 bridgehead atoms. The Morgan fingerprint density at radius 3 is 2.89 bits per heavy atom. The summed E-state index contributed by atoms with van der Waals surface area (Å²) in [6.45, 7) is 4.07. The van der Waals surface area contributed by atoms with Gasteiger partial charge in [-0.05, 0) is 30.4 Å². The first kappa shape index (κ1) is 14.0. The number of anilines is 1. The number of hydrogen-bond acceptors (Lipinski definition) is 4. The fourth-order valence-corrected chi connectivity index (χ4v) is 1.41. The number of benzene rings is 1. The lowest BCUT2D eigenvalue weighted by Gasteiger charge is -2.11. The molecule has 0 atom stereocenters. The van der Waals surface area contributed by atoms with Crippen molar-refractivity contribution in [3.63, 3.8) is 0 Å². The van der Waals surface area contributed by atoms with Crippen LogP contribution in [0.25, 0.3) is 0 Å². The molecular weight excluding hydrogens is 252 g/mol. The molecule has 0 saturated heterocycles. The van der Waals surface area contributed by atoms with Gasteiger partial charge in [-0.25, -0.2) is 4.79 Å². The summed E-state index contributed by atoms with van der Waals surface area (Å²) in [5.74, 6) is -0.593. The number of phenols is 1. The van der Waals surface area contributed by atoms with Crippen molar-refractivity contribution < 1.29 is 14.6 Å². The zero-order valence-corrected chi connectivity index (χ0v) is 10.7. The van der Waals surface area contributed by atoms with Crippen LogP contribution in [0.3, 0.4) is 0 Å². The van der Waals surface area contributed by atoms with Crippen molar-refractivity contribution in [1.82, 2.24) is 5.32 Å². The maximum absolute atomic E-state index is 11.2. The second-order valence-electron chi connectivity index (χ2n) is 3.35. The zero-order chi connectivity index (χ0) is 13.5. The molecule has 3 N–H and O–H groups in total. The van der Waals surface area contributed by atoms with Gasteiger partial charge in [0.25, 0.3) is 0 Å². The predicted molar refractivity (Wildman–Crippen MR) is 73.9 cm³/mol. The third-order valence-electron chi connectivity index (χ3n) is 2.07. The quantitative estimate of drug-likeness (QED) is 0.333. The molecule has 0 unspecified atom stereocenters. The number of carbonyl (C=O) groups is 1. The number of methoxy groups -OCH3 is 1. The molecule has 0 saturated carbocycles. The van der Waals surface area contributed by atoms with E-state index in [-0.39, 0.29) is 11.3 Å². The van der Waals surface area contributed by atoms with Crippen LogP contribution in [-0.2, 0) is 4.74 Å². The molecule has 1 aromatic rings. The van der Waals surface area contributed by atoms with Gasteiger partial charge in [-0.3, -0.25) is 0 Å². The average Bonchev–Trinajstić information content (AvgIpc) is 2.37. The van der Waals surface area contributed by atoms with Crippen LogP contribution >= 0.6 is 12.2 Å². The van der Waals surface area contributed by atoms with Gasteiger partial charge in [0.15, 0.2) is 5.11 Å². The second-order valence-corrected chi connectivity index (χ2v) is 3.76. The first-order valence-electron chi connectivity index (χ1n) is 5.15. The molecule has 0 aliphatic heterocycles. The molecule has 0 radical (unpaired) electrons. The molecule has 1 rings (SSSR count). The first-order chi connectivity index (χ1) is 8.58. The molecule has 0 amide bonds. The SMILES string of the molecule is C=CCNC(=S)Nc1ccc(C(=O)OC)cc1O. The first-order valence-corrected chi connectivity index (χ1v) is 5.56. The number of rotatable bonds is 4. The van der Waals surface area contributed by atoms with E-state index in [0.29, 0.717) is 17.3 Å². The highest BCUT2D eigenvalue weighted by molar-refractivity contribution is 7.80. The molecule has 0 aliphatic rings. The van der Waals surface area contributed by atoms with E-state index in [4.69, 9.17) is 12.2 Å². The molecule has 96 valence electrons. The maximum atomic E-state index is 11.2. The molecule has 0 aromatic heterocycles. The van der Waals surface area contributed by atoms with E-state index in [9.17, 15) is 9.90 Å². The van der Waals surface area contributed by atoms with Gasteiger partial charge in [0, 0.05) is 6.54 Å². The highest BCUT2D eigenvalue weighted by Crippen LogP contribution is 2.24. The summed E-state index contributed by atoms with van der Waals surface area (Å²) in [5, 5.41) is 15.7. The van der Waals surface area contributed by atoms with Crippen LogP contribution in [-0.4, -0.2) is 29.8 Å². The Kier molecular flexibility index (Phi) is 5.13. The summed E-state index contributed by atoms with van der Waals surface area (Å²) in [6.07, 6.45) is 1.66. The van der Waals surface area contributed by atoms with Gasteiger partial charge < -0.3 is 20.5 Å². The minimum Gasteiger partial charge on any atom is -0.506 e. The number of aromatic hydroxyl groups is 1. The number of nitrogens with one attached hydrogen (secondary N) is 2. The average molecular weight is 266 g/mol. The Hall–Kier alpha value is -2.08. The van der Waals surface area contributed by atoms with Gasteiger partial charge in [-0.15, -0.1) is 6.58 Å². The van der Waals surface area contributed by atoms with Crippen LogP contribution in [0.1, 0.15) is 10.4 Å². The fraction of sp³-hybridized carbons (Fsp3) is 0.167. The number of carbonyl (C=O) groups excluding carboxylic acids is 1. The summed E-state index contributed by atoms with van der Waals surface area (Å²) in [6, 6.07) is 4.39. The summed E-state index contributed by atoms with van der Waals surface area (Å²) in [7, 11) is 1.28. The molecule has 0 heterocycles. The molecule has 1 aromatic carbocycles. The second kappa shape index (κ2) is 6.61. The maximum Gasteiger partial charge on any atom is 0.337 e. The van der Waals surface area contributed by atoms with Crippen molar-refractivity contribution in [1.29, 1.82) is 0 Å². The third kappa shape index (κ3) is 3.74. The van der Waals surface area contributed by atoms with Crippen molar-refractivity contribution in [2.24, 2.45) is 0 Å². The van der Waals surface area contributed by atoms with Crippen LogP contribution in [0.5, 0.6) is 5.75 Å². The third-order valence-corrected chi connectivity index (χ3v) is 2.32. The van der Waals surface area contributed by atoms with Gasteiger partial charge in [0.2, 0.25) is 0 Å². The van der Waals surface area contributed by atoms with Crippen LogP contribution < -0.4 is 10.6 Å². The monoisotopic (exact) mass is 266 g/mol. The smallest absolute Gasteiger partial charge is 0.337 e. The number of phenolic OH excluding ortho intramolecular Hbond substituents is 1. The van der Waals surface area contributed by atoms with Crippen molar-refractivity contribution in [3.05, 3.63) is 36.4 Å². The van der Waals surface area contributed by atoms with Gasteiger partial charge >= 0.3 is 5.97 Å². The van der Waals surface area contributed by atoms with E-state index >= 15 is 0 Å². The standard InChI is InChI=1S/C12H14N2O3S/c1-3-6-13-12(18)14-9-5-4-8(7-10(9)15)11(16)17-2/h3-5,7,15H,1,6H2,2H3,(H2,13,14,18). The van der Waals surface area contributed by atoms with Crippen LogP contribution in [0.2, 0.25) is 0 Å². The van der Waals surface area contributed by atoms with Gasteiger partial charge in [-0.1, -0.05) is 6.08 Å². The Morgan fingerprint density at radius 2 is 2.33 bits per heavy atom. The largest absolute Gasteiger partial charge is 0.506 e. The molecular formula is C12H14N2O3S. The minimum absolute atomic E-state index is 0.0827. The van der Waals surface area contributed by atoms with Crippen LogP contribution in [0.15, 0.2) is 30.9 Å². The topological polar surface area (TPSA) is 70.6 Å². The highest BCUT2D eigenvalue weighted by atomic mass is 32.1. The Bertz CT molecular complexity index is 474. The lowest BCUT2D eigenvalue weighted by molar-refractivity contribution is 0.0600. The molecule has 0 aliphatic carbocycles. The number of hydrogen-bond donors (Lipinski definition) is 3. The van der Waals surface area contributed by atoms with E-state index in [1.807, 2.05) is 0 Å². The molecule has 6 heteroatoms. The zero-order valence-electron chi connectivity index (χ0n) is 9.90.